The number of pyridine rings is 2. The van der Waals surface area contributed by atoms with E-state index in [1.807, 2.05) is 30.3 Å². The standard InChI is InChI=1S/C21H18N6O2/c22-20-15(12-3-5-14(6-4-12)27-7-1-2-18(27)28)8-13(9-23-20)16-10-24-21(29)19-17(16)11-25-26-19/h3-6,8-11H,1-2,7H2,(H2,22,23)(H,24,29)(H,25,26). The van der Waals surface area contributed by atoms with Crippen molar-refractivity contribution in [2.24, 2.45) is 0 Å². The minimum Gasteiger partial charge on any atom is -0.383 e. The quantitative estimate of drug-likeness (QED) is 0.500. The van der Waals surface area contributed by atoms with Gasteiger partial charge < -0.3 is 15.6 Å². The number of aromatic nitrogens is 4. The molecule has 3 aromatic heterocycles. The molecule has 29 heavy (non-hydrogen) atoms. The lowest BCUT2D eigenvalue weighted by Gasteiger charge is -2.16. The second kappa shape index (κ2) is 6.59. The highest BCUT2D eigenvalue weighted by molar-refractivity contribution is 5.96. The van der Waals surface area contributed by atoms with Gasteiger partial charge in [-0.2, -0.15) is 5.10 Å². The average Bonchev–Trinajstić information content (AvgIpc) is 3.39. The van der Waals surface area contributed by atoms with Crippen LogP contribution in [0.5, 0.6) is 0 Å². The lowest BCUT2D eigenvalue weighted by molar-refractivity contribution is -0.117. The molecule has 1 saturated heterocycles. The fourth-order valence-electron chi connectivity index (χ4n) is 3.79. The number of benzene rings is 1. The lowest BCUT2D eigenvalue weighted by Crippen LogP contribution is -2.23. The van der Waals surface area contributed by atoms with Gasteiger partial charge in [0.2, 0.25) is 5.91 Å². The van der Waals surface area contributed by atoms with Crippen molar-refractivity contribution >= 4 is 28.3 Å². The summed E-state index contributed by atoms with van der Waals surface area (Å²) in [6.45, 7) is 0.754. The molecule has 8 nitrogen and oxygen atoms in total. The Balaban J connectivity index is 1.56. The third-order valence-electron chi connectivity index (χ3n) is 5.30. The smallest absolute Gasteiger partial charge is 0.273 e. The molecule has 144 valence electrons. The first kappa shape index (κ1) is 17.2. The number of nitrogens with one attached hydrogen (secondary N) is 2. The van der Waals surface area contributed by atoms with Gasteiger partial charge in [0.25, 0.3) is 5.56 Å². The SMILES string of the molecule is Nc1ncc(-c2c[nH]c(=O)c3[nH]ncc23)cc1-c1ccc(N2CCCC2=O)cc1. The van der Waals surface area contributed by atoms with E-state index in [1.54, 1.807) is 23.5 Å². The number of hydrogen-bond donors (Lipinski definition) is 3. The second-order valence-corrected chi connectivity index (χ2v) is 7.04. The van der Waals surface area contributed by atoms with Gasteiger partial charge in [0.1, 0.15) is 11.3 Å². The largest absolute Gasteiger partial charge is 0.383 e. The third-order valence-corrected chi connectivity index (χ3v) is 5.30. The number of nitrogen functional groups attached to an aromatic ring is 1. The van der Waals surface area contributed by atoms with Gasteiger partial charge in [0.05, 0.1) is 6.20 Å². The van der Waals surface area contributed by atoms with E-state index in [2.05, 4.69) is 20.2 Å². The minimum atomic E-state index is -0.225. The van der Waals surface area contributed by atoms with Crippen molar-refractivity contribution in [3.63, 3.8) is 0 Å². The highest BCUT2D eigenvalue weighted by Crippen LogP contribution is 2.33. The van der Waals surface area contributed by atoms with E-state index in [9.17, 15) is 9.59 Å². The first-order chi connectivity index (χ1) is 14.1. The molecular formula is C21H18N6O2. The Labute approximate surface area is 165 Å². The first-order valence-corrected chi connectivity index (χ1v) is 9.33. The predicted octanol–water partition coefficient (Wildman–Crippen LogP) is 2.69. The van der Waals surface area contributed by atoms with Crippen LogP contribution in [0.4, 0.5) is 11.5 Å². The van der Waals surface area contributed by atoms with Crippen LogP contribution in [-0.2, 0) is 4.79 Å². The third kappa shape index (κ3) is 2.85. The van der Waals surface area contributed by atoms with Crippen LogP contribution in [0.3, 0.4) is 0 Å². The van der Waals surface area contributed by atoms with Crippen molar-refractivity contribution in [1.82, 2.24) is 20.2 Å². The number of nitrogens with zero attached hydrogens (tertiary/aromatic N) is 3. The van der Waals surface area contributed by atoms with Gasteiger partial charge in [-0.3, -0.25) is 14.7 Å². The van der Waals surface area contributed by atoms with E-state index in [1.165, 1.54) is 0 Å². The zero-order valence-electron chi connectivity index (χ0n) is 15.5. The molecule has 0 unspecified atom stereocenters. The van der Waals surface area contributed by atoms with Crippen LogP contribution in [0.15, 0.2) is 53.7 Å². The van der Waals surface area contributed by atoms with Crippen LogP contribution in [0.2, 0.25) is 0 Å². The Morgan fingerprint density at radius 1 is 1.03 bits per heavy atom. The predicted molar refractivity (Wildman–Crippen MR) is 111 cm³/mol. The number of nitrogens with two attached hydrogens (primary N) is 1. The van der Waals surface area contributed by atoms with Gasteiger partial charge in [-0.05, 0) is 30.2 Å². The maximum absolute atomic E-state index is 12.0. The lowest BCUT2D eigenvalue weighted by atomic mass is 10.00. The van der Waals surface area contributed by atoms with E-state index < -0.39 is 0 Å². The van der Waals surface area contributed by atoms with E-state index >= 15 is 0 Å². The van der Waals surface area contributed by atoms with Crippen LogP contribution in [0.1, 0.15) is 12.8 Å². The molecule has 0 spiro atoms. The monoisotopic (exact) mass is 386 g/mol. The minimum absolute atomic E-state index is 0.156. The molecule has 0 bridgehead atoms. The van der Waals surface area contributed by atoms with Crippen molar-refractivity contribution < 1.29 is 4.79 Å². The topological polar surface area (TPSA) is 121 Å². The number of fused-ring (bicyclic) bond motifs is 1. The summed E-state index contributed by atoms with van der Waals surface area (Å²) in [5.41, 5.74) is 10.5. The van der Waals surface area contributed by atoms with E-state index in [0.717, 1.165) is 40.9 Å². The maximum atomic E-state index is 12.0. The summed E-state index contributed by atoms with van der Waals surface area (Å²) in [6.07, 6.45) is 6.44. The zero-order chi connectivity index (χ0) is 20.0. The number of carbonyl (C=O) groups excluding carboxylic acids is 1. The second-order valence-electron chi connectivity index (χ2n) is 7.04. The van der Waals surface area contributed by atoms with Gasteiger partial charge in [-0.25, -0.2) is 4.98 Å². The molecule has 1 fully saturated rings. The Morgan fingerprint density at radius 2 is 1.86 bits per heavy atom. The van der Waals surface area contributed by atoms with Gasteiger partial charge in [-0.15, -0.1) is 0 Å². The fraction of sp³-hybridized carbons (Fsp3) is 0.143. The van der Waals surface area contributed by atoms with Crippen LogP contribution >= 0.6 is 0 Å². The summed E-state index contributed by atoms with van der Waals surface area (Å²) in [5.74, 6) is 0.565. The first-order valence-electron chi connectivity index (χ1n) is 9.33. The molecule has 0 atom stereocenters. The molecule has 4 aromatic rings. The Morgan fingerprint density at radius 3 is 2.62 bits per heavy atom. The average molecular weight is 386 g/mol. The molecule has 0 aliphatic carbocycles. The Bertz CT molecular complexity index is 1290. The van der Waals surface area contributed by atoms with E-state index in [-0.39, 0.29) is 11.5 Å². The molecule has 0 saturated carbocycles. The molecule has 4 heterocycles. The van der Waals surface area contributed by atoms with Crippen molar-refractivity contribution in [2.45, 2.75) is 12.8 Å². The van der Waals surface area contributed by atoms with Gasteiger partial charge in [0, 0.05) is 53.1 Å². The van der Waals surface area contributed by atoms with Gasteiger partial charge in [0.15, 0.2) is 0 Å². The summed E-state index contributed by atoms with van der Waals surface area (Å²) in [4.78, 5) is 32.8. The van der Waals surface area contributed by atoms with Crippen molar-refractivity contribution in [1.29, 1.82) is 0 Å². The summed E-state index contributed by atoms with van der Waals surface area (Å²) in [5, 5.41) is 7.42. The summed E-state index contributed by atoms with van der Waals surface area (Å²) < 4.78 is 0. The van der Waals surface area contributed by atoms with Gasteiger partial charge in [-0.1, -0.05) is 12.1 Å². The number of amides is 1. The number of anilines is 2. The fourth-order valence-corrected chi connectivity index (χ4v) is 3.79. The highest BCUT2D eigenvalue weighted by atomic mass is 16.2. The maximum Gasteiger partial charge on any atom is 0.273 e. The highest BCUT2D eigenvalue weighted by Gasteiger charge is 2.21. The van der Waals surface area contributed by atoms with Crippen molar-refractivity contribution in [3.8, 4) is 22.3 Å². The van der Waals surface area contributed by atoms with E-state index in [0.29, 0.717) is 23.1 Å². The van der Waals surface area contributed by atoms with Crippen LogP contribution in [0.25, 0.3) is 33.2 Å². The van der Waals surface area contributed by atoms with E-state index in [4.69, 9.17) is 5.73 Å². The number of rotatable bonds is 3. The number of H-pyrrole nitrogens is 2. The Hall–Kier alpha value is -3.94. The molecule has 1 aliphatic heterocycles. The molecule has 0 radical (unpaired) electrons. The molecule has 4 N–H and O–H groups in total. The normalized spacial score (nSPS) is 14.1. The van der Waals surface area contributed by atoms with Gasteiger partial charge >= 0.3 is 0 Å². The Kier molecular flexibility index (Phi) is 3.90. The summed E-state index contributed by atoms with van der Waals surface area (Å²) in [7, 11) is 0. The van der Waals surface area contributed by atoms with Crippen molar-refractivity contribution in [3.05, 3.63) is 59.3 Å². The van der Waals surface area contributed by atoms with Crippen LogP contribution in [0, 0.1) is 0 Å². The van der Waals surface area contributed by atoms with Crippen LogP contribution in [-0.4, -0.2) is 32.6 Å². The summed E-state index contributed by atoms with van der Waals surface area (Å²) in [6, 6.07) is 9.69. The molecule has 1 amide bonds. The molecular weight excluding hydrogens is 368 g/mol. The number of aromatic amines is 2. The molecule has 8 heteroatoms. The molecule has 1 aliphatic rings. The van der Waals surface area contributed by atoms with Crippen LogP contribution < -0.4 is 16.2 Å². The summed E-state index contributed by atoms with van der Waals surface area (Å²) >= 11 is 0. The molecule has 5 rings (SSSR count). The zero-order valence-corrected chi connectivity index (χ0v) is 15.5. The van der Waals surface area contributed by atoms with Crippen molar-refractivity contribution in [2.75, 3.05) is 17.2 Å². The number of carbonyl (C=O) groups is 1. The number of hydrogen-bond acceptors (Lipinski definition) is 5. The molecule has 1 aromatic carbocycles.